The molecule has 8 heteroatoms. The van der Waals surface area contributed by atoms with E-state index < -0.39 is 5.54 Å². The number of pyridine rings is 1. The fraction of sp³-hybridized carbons (Fsp3) is 0.636. The van der Waals surface area contributed by atoms with E-state index in [1.165, 1.54) is 0 Å². The van der Waals surface area contributed by atoms with Gasteiger partial charge in [-0.1, -0.05) is 19.3 Å². The fourth-order valence-corrected chi connectivity index (χ4v) is 4.99. The van der Waals surface area contributed by atoms with E-state index in [9.17, 15) is 9.59 Å². The number of esters is 1. The van der Waals surface area contributed by atoms with Gasteiger partial charge in [0.1, 0.15) is 11.3 Å². The molecule has 1 saturated carbocycles. The van der Waals surface area contributed by atoms with Crippen LogP contribution < -0.4 is 5.32 Å². The Hall–Kier alpha value is -2.64. The molecular formula is C22H31N5O3. The second-order valence-electron chi connectivity index (χ2n) is 8.52. The molecule has 2 aliphatic rings. The number of aryl methyl sites for hydroxylation is 1. The van der Waals surface area contributed by atoms with Crippen molar-refractivity contribution in [2.45, 2.75) is 70.4 Å². The molecule has 2 aromatic heterocycles. The number of carbonyl (C=O) groups excluding carboxylic acids is 2. The molecule has 2 amide bonds. The molecule has 8 nitrogen and oxygen atoms in total. The van der Waals surface area contributed by atoms with E-state index in [0.717, 1.165) is 55.5 Å². The zero-order valence-electron chi connectivity index (χ0n) is 17.9. The summed E-state index contributed by atoms with van der Waals surface area (Å²) >= 11 is 0. The van der Waals surface area contributed by atoms with E-state index in [1.54, 1.807) is 6.20 Å². The van der Waals surface area contributed by atoms with Crippen LogP contribution in [0, 0.1) is 6.92 Å². The van der Waals surface area contributed by atoms with Crippen molar-refractivity contribution in [3.05, 3.63) is 24.2 Å². The summed E-state index contributed by atoms with van der Waals surface area (Å²) in [7, 11) is 0. The third-order valence-corrected chi connectivity index (χ3v) is 6.41. The Balaban J connectivity index is 1.46. The Morgan fingerprint density at radius 3 is 2.87 bits per heavy atom. The van der Waals surface area contributed by atoms with Gasteiger partial charge in [-0.25, -0.2) is 14.8 Å². The lowest BCUT2D eigenvalue weighted by molar-refractivity contribution is -0.145. The monoisotopic (exact) mass is 413 g/mol. The zero-order chi connectivity index (χ0) is 21.1. The van der Waals surface area contributed by atoms with Crippen LogP contribution in [0.4, 0.5) is 4.79 Å². The van der Waals surface area contributed by atoms with Gasteiger partial charge in [-0.05, 0) is 45.2 Å². The molecule has 1 aliphatic carbocycles. The van der Waals surface area contributed by atoms with Crippen molar-refractivity contribution >= 4 is 23.2 Å². The first-order valence-electron chi connectivity index (χ1n) is 11.0. The Kier molecular flexibility index (Phi) is 5.92. The highest BCUT2D eigenvalue weighted by Crippen LogP contribution is 2.33. The van der Waals surface area contributed by atoms with Gasteiger partial charge in [0.2, 0.25) is 0 Å². The minimum atomic E-state index is -0.487. The Morgan fingerprint density at radius 1 is 1.30 bits per heavy atom. The number of likely N-dealkylation sites (tertiary alicyclic amines) is 1. The van der Waals surface area contributed by atoms with Gasteiger partial charge in [0.25, 0.3) is 0 Å². The van der Waals surface area contributed by atoms with Gasteiger partial charge in [0.05, 0.1) is 24.6 Å². The van der Waals surface area contributed by atoms with Crippen molar-refractivity contribution in [2.75, 3.05) is 19.7 Å². The van der Waals surface area contributed by atoms with Crippen molar-refractivity contribution in [1.29, 1.82) is 0 Å². The van der Waals surface area contributed by atoms with E-state index in [1.807, 2.05) is 30.9 Å². The second kappa shape index (κ2) is 8.62. The van der Waals surface area contributed by atoms with E-state index in [0.29, 0.717) is 19.7 Å². The molecule has 0 radical (unpaired) electrons. The van der Waals surface area contributed by atoms with Gasteiger partial charge in [-0.2, -0.15) is 0 Å². The van der Waals surface area contributed by atoms with Gasteiger partial charge in [0.15, 0.2) is 5.65 Å². The molecule has 1 unspecified atom stereocenters. The molecule has 3 heterocycles. The van der Waals surface area contributed by atoms with Crippen LogP contribution in [-0.2, 0) is 9.53 Å². The first-order chi connectivity index (χ1) is 14.5. The fourth-order valence-electron chi connectivity index (χ4n) is 4.99. The van der Waals surface area contributed by atoms with Crippen molar-refractivity contribution in [1.82, 2.24) is 24.8 Å². The first-order valence-corrected chi connectivity index (χ1v) is 11.0. The zero-order valence-corrected chi connectivity index (χ0v) is 17.9. The molecule has 0 spiro atoms. The summed E-state index contributed by atoms with van der Waals surface area (Å²) in [6.45, 7) is 5.46. The van der Waals surface area contributed by atoms with Crippen LogP contribution in [0.5, 0.6) is 0 Å². The topological polar surface area (TPSA) is 89.4 Å². The van der Waals surface area contributed by atoms with Gasteiger partial charge in [0, 0.05) is 19.3 Å². The second-order valence-corrected chi connectivity index (χ2v) is 8.52. The van der Waals surface area contributed by atoms with Crippen molar-refractivity contribution in [3.63, 3.8) is 0 Å². The van der Waals surface area contributed by atoms with Crippen molar-refractivity contribution in [3.8, 4) is 0 Å². The lowest BCUT2D eigenvalue weighted by Gasteiger charge is -2.38. The lowest BCUT2D eigenvalue weighted by Crippen LogP contribution is -2.55. The average molecular weight is 414 g/mol. The number of imidazole rings is 1. The minimum absolute atomic E-state index is 0.0845. The molecule has 0 bridgehead atoms. The van der Waals surface area contributed by atoms with Crippen LogP contribution in [0.1, 0.15) is 63.7 Å². The highest BCUT2D eigenvalue weighted by atomic mass is 16.5. The number of amides is 2. The van der Waals surface area contributed by atoms with Crippen LogP contribution in [0.2, 0.25) is 0 Å². The van der Waals surface area contributed by atoms with Gasteiger partial charge in [-0.15, -0.1) is 0 Å². The summed E-state index contributed by atoms with van der Waals surface area (Å²) in [5.74, 6) is 0.688. The molecule has 1 aliphatic heterocycles. The molecular weight excluding hydrogens is 382 g/mol. The van der Waals surface area contributed by atoms with Crippen LogP contribution in [0.3, 0.4) is 0 Å². The maximum atomic E-state index is 13.1. The minimum Gasteiger partial charge on any atom is -0.466 e. The number of rotatable bonds is 5. The van der Waals surface area contributed by atoms with E-state index in [-0.39, 0.29) is 24.5 Å². The number of urea groups is 1. The number of carbonyl (C=O) groups is 2. The summed E-state index contributed by atoms with van der Waals surface area (Å²) in [6.07, 6.45) is 7.73. The number of nitrogens with zero attached hydrogens (tertiary/aromatic N) is 4. The largest absolute Gasteiger partial charge is 0.466 e. The average Bonchev–Trinajstić information content (AvgIpc) is 3.32. The number of aromatic nitrogens is 3. The van der Waals surface area contributed by atoms with Crippen LogP contribution in [0.15, 0.2) is 18.3 Å². The number of ether oxygens (including phenoxy) is 1. The number of nitrogens with one attached hydrogen (secondary N) is 1. The first kappa shape index (κ1) is 20.6. The summed E-state index contributed by atoms with van der Waals surface area (Å²) in [5, 5.41) is 3.23. The molecule has 1 N–H and O–H groups in total. The summed E-state index contributed by atoms with van der Waals surface area (Å²) < 4.78 is 7.33. The summed E-state index contributed by atoms with van der Waals surface area (Å²) in [4.78, 5) is 36.3. The van der Waals surface area contributed by atoms with Gasteiger partial charge in [-0.3, -0.25) is 4.79 Å². The number of fused-ring (bicyclic) bond motifs is 1. The highest BCUT2D eigenvalue weighted by Gasteiger charge is 2.39. The maximum absolute atomic E-state index is 13.1. The lowest BCUT2D eigenvalue weighted by atomic mass is 9.79. The molecule has 2 aromatic rings. The predicted molar refractivity (Wildman–Crippen MR) is 113 cm³/mol. The van der Waals surface area contributed by atoms with Gasteiger partial charge < -0.3 is 19.5 Å². The molecule has 1 saturated heterocycles. The normalized spacial score (nSPS) is 21.0. The third-order valence-electron chi connectivity index (χ3n) is 6.41. The van der Waals surface area contributed by atoms with Crippen LogP contribution in [0.25, 0.3) is 11.2 Å². The van der Waals surface area contributed by atoms with Crippen molar-refractivity contribution < 1.29 is 14.3 Å². The van der Waals surface area contributed by atoms with Crippen molar-refractivity contribution in [2.24, 2.45) is 0 Å². The standard InChI is InChI=1S/C22H31N5O3/c1-3-30-19(28)14-22(10-5-4-6-11-22)25-21(29)26-13-9-17(15-26)27-16(2)24-18-8-7-12-23-20(18)27/h7-8,12,17H,3-6,9-11,13-15H2,1-2H3,(H,25,29). The Morgan fingerprint density at radius 2 is 2.10 bits per heavy atom. The maximum Gasteiger partial charge on any atom is 0.317 e. The molecule has 1 atom stereocenters. The predicted octanol–water partition coefficient (Wildman–Crippen LogP) is 3.35. The van der Waals surface area contributed by atoms with Crippen LogP contribution >= 0.6 is 0 Å². The van der Waals surface area contributed by atoms with E-state index >= 15 is 0 Å². The summed E-state index contributed by atoms with van der Waals surface area (Å²) in [6, 6.07) is 3.93. The third kappa shape index (κ3) is 4.13. The molecule has 30 heavy (non-hydrogen) atoms. The molecule has 162 valence electrons. The summed E-state index contributed by atoms with van der Waals surface area (Å²) in [5.41, 5.74) is 1.26. The quantitative estimate of drug-likeness (QED) is 0.760. The smallest absolute Gasteiger partial charge is 0.317 e. The van der Waals surface area contributed by atoms with Gasteiger partial charge >= 0.3 is 12.0 Å². The Bertz CT molecular complexity index is 919. The molecule has 2 fully saturated rings. The number of hydrogen-bond donors (Lipinski definition) is 1. The molecule has 0 aromatic carbocycles. The van der Waals surface area contributed by atoms with E-state index in [2.05, 4.69) is 19.9 Å². The number of hydrogen-bond acceptors (Lipinski definition) is 5. The molecule has 4 rings (SSSR count). The van der Waals surface area contributed by atoms with E-state index in [4.69, 9.17) is 4.74 Å². The highest BCUT2D eigenvalue weighted by molar-refractivity contribution is 5.78. The van der Waals surface area contributed by atoms with Crippen LogP contribution in [-0.4, -0.2) is 56.7 Å². The SMILES string of the molecule is CCOC(=O)CC1(NC(=O)N2CCC(n3c(C)nc4cccnc43)C2)CCCCC1. The Labute approximate surface area is 177 Å².